The standard InChI is InChI=1S/C14H14N2O4/c17-12(6-7-13(18)19)16-14(20)15-11-8-10(11)9-4-2-1-3-5-9/h1-7,10-11H,8H2,(H,18,19)(H2,15,16,17,20). The summed E-state index contributed by atoms with van der Waals surface area (Å²) in [6.45, 7) is 0. The quantitative estimate of drug-likeness (QED) is 0.714. The molecule has 2 atom stereocenters. The molecule has 1 aromatic carbocycles. The van der Waals surface area contributed by atoms with Crippen molar-refractivity contribution in [2.45, 2.75) is 18.4 Å². The van der Waals surface area contributed by atoms with Crippen molar-refractivity contribution in [2.24, 2.45) is 0 Å². The number of hydrogen-bond donors (Lipinski definition) is 3. The van der Waals surface area contributed by atoms with Crippen LogP contribution in [0.1, 0.15) is 17.9 Å². The summed E-state index contributed by atoms with van der Waals surface area (Å²) in [7, 11) is 0. The van der Waals surface area contributed by atoms with Gasteiger partial charge in [0.15, 0.2) is 0 Å². The van der Waals surface area contributed by atoms with Gasteiger partial charge in [-0.3, -0.25) is 10.1 Å². The predicted octanol–water partition coefficient (Wildman–Crippen LogP) is 1.01. The Bertz CT molecular complexity index is 554. The van der Waals surface area contributed by atoms with Gasteiger partial charge in [0, 0.05) is 24.1 Å². The summed E-state index contributed by atoms with van der Waals surface area (Å²) in [5, 5.41) is 13.1. The van der Waals surface area contributed by atoms with Crippen molar-refractivity contribution in [3.63, 3.8) is 0 Å². The van der Waals surface area contributed by atoms with E-state index in [0.29, 0.717) is 6.08 Å². The first-order chi connectivity index (χ1) is 9.56. The van der Waals surface area contributed by atoms with Crippen LogP contribution in [0, 0.1) is 0 Å². The van der Waals surface area contributed by atoms with Crippen molar-refractivity contribution in [1.82, 2.24) is 10.6 Å². The number of hydrogen-bond acceptors (Lipinski definition) is 3. The summed E-state index contributed by atoms with van der Waals surface area (Å²) in [6, 6.07) is 9.17. The molecule has 0 spiro atoms. The average molecular weight is 274 g/mol. The Hall–Kier alpha value is -2.63. The zero-order valence-electron chi connectivity index (χ0n) is 10.6. The highest BCUT2D eigenvalue weighted by atomic mass is 16.4. The lowest BCUT2D eigenvalue weighted by atomic mass is 10.1. The van der Waals surface area contributed by atoms with E-state index in [9.17, 15) is 14.4 Å². The highest BCUT2D eigenvalue weighted by molar-refractivity contribution is 6.02. The molecular weight excluding hydrogens is 260 g/mol. The van der Waals surface area contributed by atoms with Crippen LogP contribution in [0.2, 0.25) is 0 Å². The van der Waals surface area contributed by atoms with Crippen molar-refractivity contribution < 1.29 is 19.5 Å². The summed E-state index contributed by atoms with van der Waals surface area (Å²) < 4.78 is 0. The van der Waals surface area contributed by atoms with Gasteiger partial charge in [-0.05, 0) is 12.0 Å². The number of benzene rings is 1. The molecule has 3 N–H and O–H groups in total. The maximum atomic E-state index is 11.5. The molecule has 1 fully saturated rings. The van der Waals surface area contributed by atoms with Crippen LogP contribution in [-0.2, 0) is 9.59 Å². The van der Waals surface area contributed by atoms with Gasteiger partial charge in [-0.2, -0.15) is 0 Å². The van der Waals surface area contributed by atoms with Crippen molar-refractivity contribution in [3.05, 3.63) is 48.0 Å². The molecule has 0 aliphatic heterocycles. The van der Waals surface area contributed by atoms with Crippen LogP contribution in [0.15, 0.2) is 42.5 Å². The molecule has 6 nitrogen and oxygen atoms in total. The van der Waals surface area contributed by atoms with Gasteiger partial charge in [-0.1, -0.05) is 30.3 Å². The van der Waals surface area contributed by atoms with Crippen molar-refractivity contribution >= 4 is 17.9 Å². The monoisotopic (exact) mass is 274 g/mol. The molecule has 1 aromatic rings. The summed E-state index contributed by atoms with van der Waals surface area (Å²) >= 11 is 0. The van der Waals surface area contributed by atoms with Gasteiger partial charge in [-0.15, -0.1) is 0 Å². The fraction of sp³-hybridized carbons (Fsp3) is 0.214. The number of carbonyl (C=O) groups excluding carboxylic acids is 2. The number of aliphatic carboxylic acids is 1. The van der Waals surface area contributed by atoms with Crippen molar-refractivity contribution in [3.8, 4) is 0 Å². The smallest absolute Gasteiger partial charge is 0.328 e. The molecule has 6 heteroatoms. The fourth-order valence-corrected chi connectivity index (χ4v) is 1.93. The first kappa shape index (κ1) is 13.8. The van der Waals surface area contributed by atoms with Gasteiger partial charge in [-0.25, -0.2) is 9.59 Å². The van der Waals surface area contributed by atoms with Crippen LogP contribution in [-0.4, -0.2) is 29.1 Å². The average Bonchev–Trinajstić information content (AvgIpc) is 3.16. The van der Waals surface area contributed by atoms with Gasteiger partial charge < -0.3 is 10.4 Å². The van der Waals surface area contributed by atoms with Crippen LogP contribution in [0.4, 0.5) is 4.79 Å². The van der Waals surface area contributed by atoms with E-state index >= 15 is 0 Å². The maximum absolute atomic E-state index is 11.5. The molecule has 1 aliphatic carbocycles. The van der Waals surface area contributed by atoms with Crippen LogP contribution in [0.25, 0.3) is 0 Å². The third-order valence-corrected chi connectivity index (χ3v) is 2.95. The summed E-state index contributed by atoms with van der Waals surface area (Å²) in [6.07, 6.45) is 2.30. The second-order valence-corrected chi connectivity index (χ2v) is 4.49. The molecule has 0 bridgehead atoms. The van der Waals surface area contributed by atoms with Gasteiger partial charge in [0.05, 0.1) is 0 Å². The Morgan fingerprint density at radius 3 is 2.50 bits per heavy atom. The normalized spacial score (nSPS) is 20.4. The molecule has 2 rings (SSSR count). The Balaban J connectivity index is 1.77. The Morgan fingerprint density at radius 2 is 1.85 bits per heavy atom. The van der Waals surface area contributed by atoms with Crippen LogP contribution in [0.3, 0.4) is 0 Å². The van der Waals surface area contributed by atoms with E-state index in [4.69, 9.17) is 5.11 Å². The number of rotatable bonds is 4. The van der Waals surface area contributed by atoms with E-state index in [0.717, 1.165) is 18.1 Å². The minimum atomic E-state index is -1.24. The minimum absolute atomic E-state index is 0.00801. The first-order valence-corrected chi connectivity index (χ1v) is 6.13. The SMILES string of the molecule is O=C(O)C=CC(=O)NC(=O)NC1CC1c1ccccc1. The van der Waals surface area contributed by atoms with E-state index in [1.807, 2.05) is 35.6 Å². The molecule has 2 unspecified atom stereocenters. The second kappa shape index (κ2) is 6.01. The van der Waals surface area contributed by atoms with Crippen LogP contribution < -0.4 is 10.6 Å². The molecule has 0 saturated heterocycles. The third kappa shape index (κ3) is 3.94. The van der Waals surface area contributed by atoms with E-state index in [1.54, 1.807) is 0 Å². The number of carboxylic acids is 1. The van der Waals surface area contributed by atoms with E-state index < -0.39 is 17.9 Å². The Labute approximate surface area is 115 Å². The molecule has 20 heavy (non-hydrogen) atoms. The van der Waals surface area contributed by atoms with Gasteiger partial charge in [0.1, 0.15) is 0 Å². The lowest BCUT2D eigenvalue weighted by molar-refractivity contribution is -0.131. The number of nitrogens with one attached hydrogen (secondary N) is 2. The zero-order chi connectivity index (χ0) is 14.5. The van der Waals surface area contributed by atoms with E-state index in [-0.39, 0.29) is 12.0 Å². The molecule has 1 saturated carbocycles. The number of carboxylic acid groups (broad SMARTS) is 1. The molecule has 0 radical (unpaired) electrons. The third-order valence-electron chi connectivity index (χ3n) is 2.95. The van der Waals surface area contributed by atoms with Gasteiger partial charge in [0.2, 0.25) is 0 Å². The Morgan fingerprint density at radius 1 is 1.15 bits per heavy atom. The van der Waals surface area contributed by atoms with Gasteiger partial charge >= 0.3 is 12.0 Å². The highest BCUT2D eigenvalue weighted by Crippen LogP contribution is 2.40. The van der Waals surface area contributed by atoms with E-state index in [1.165, 1.54) is 0 Å². The first-order valence-electron chi connectivity index (χ1n) is 6.13. The molecule has 0 heterocycles. The van der Waals surface area contributed by atoms with E-state index in [2.05, 4.69) is 5.32 Å². The summed E-state index contributed by atoms with van der Waals surface area (Å²) in [5.41, 5.74) is 1.15. The second-order valence-electron chi connectivity index (χ2n) is 4.49. The lowest BCUT2D eigenvalue weighted by Gasteiger charge is -2.04. The molecule has 3 amide bonds. The molecule has 1 aliphatic rings. The van der Waals surface area contributed by atoms with Crippen molar-refractivity contribution in [1.29, 1.82) is 0 Å². The fourth-order valence-electron chi connectivity index (χ4n) is 1.93. The predicted molar refractivity (Wildman–Crippen MR) is 71.0 cm³/mol. The largest absolute Gasteiger partial charge is 0.478 e. The highest BCUT2D eigenvalue weighted by Gasteiger charge is 2.39. The van der Waals surface area contributed by atoms with Crippen LogP contribution >= 0.6 is 0 Å². The molecule has 104 valence electrons. The minimum Gasteiger partial charge on any atom is -0.478 e. The summed E-state index contributed by atoms with van der Waals surface area (Å²) in [4.78, 5) is 32.9. The number of carbonyl (C=O) groups is 3. The molecular formula is C14H14N2O4. The lowest BCUT2D eigenvalue weighted by Crippen LogP contribution is -2.40. The number of amides is 3. The van der Waals surface area contributed by atoms with Gasteiger partial charge in [0.25, 0.3) is 5.91 Å². The number of imide groups is 1. The van der Waals surface area contributed by atoms with Crippen LogP contribution in [0.5, 0.6) is 0 Å². The number of urea groups is 1. The topological polar surface area (TPSA) is 95.5 Å². The molecule has 0 aromatic heterocycles. The Kier molecular flexibility index (Phi) is 4.14. The van der Waals surface area contributed by atoms with Crippen molar-refractivity contribution in [2.75, 3.05) is 0 Å². The maximum Gasteiger partial charge on any atom is 0.328 e. The zero-order valence-corrected chi connectivity index (χ0v) is 10.6. The summed E-state index contributed by atoms with van der Waals surface area (Å²) in [5.74, 6) is -1.74.